The van der Waals surface area contributed by atoms with Gasteiger partial charge in [0.2, 0.25) is 5.88 Å². The van der Waals surface area contributed by atoms with Crippen molar-refractivity contribution in [2.75, 3.05) is 13.2 Å². The number of pyridine rings is 1. The Balaban J connectivity index is 2.32. The molecular weight excluding hydrogens is 309 g/mol. The number of unbranched alkanes of at least 4 members (excludes halogenated alkanes) is 3. The zero-order chi connectivity index (χ0) is 17.1. The summed E-state index contributed by atoms with van der Waals surface area (Å²) in [4.78, 5) is 7.95. The highest BCUT2D eigenvalue weighted by molar-refractivity contribution is 5.77. The van der Waals surface area contributed by atoms with Gasteiger partial charge in [-0.15, -0.1) is 0 Å². The van der Waals surface area contributed by atoms with E-state index in [0.29, 0.717) is 12.5 Å². The summed E-state index contributed by atoms with van der Waals surface area (Å²) >= 11 is 0. The zero-order valence-corrected chi connectivity index (χ0v) is 13.2. The van der Waals surface area contributed by atoms with E-state index in [1.807, 2.05) is 0 Å². The molecule has 0 bridgehead atoms. The second-order valence-corrected chi connectivity index (χ2v) is 5.10. The molecule has 0 amide bonds. The normalized spacial score (nSPS) is 12.3. The van der Waals surface area contributed by atoms with E-state index in [2.05, 4.69) is 27.0 Å². The molecular formula is C15H23F3N4O. The highest BCUT2D eigenvalue weighted by Gasteiger charge is 2.28. The molecule has 1 heterocycles. The molecule has 1 aromatic heterocycles. The number of nitrogens with one attached hydrogen (secondary N) is 1. The van der Waals surface area contributed by atoms with E-state index in [0.717, 1.165) is 24.9 Å². The van der Waals surface area contributed by atoms with E-state index >= 15 is 0 Å². The molecule has 0 aliphatic rings. The van der Waals surface area contributed by atoms with Crippen molar-refractivity contribution in [3.05, 3.63) is 23.9 Å². The van der Waals surface area contributed by atoms with Crippen LogP contribution in [-0.4, -0.2) is 30.3 Å². The van der Waals surface area contributed by atoms with Crippen LogP contribution in [-0.2, 0) is 6.54 Å². The average molecular weight is 332 g/mol. The minimum atomic E-state index is -4.37. The third kappa shape index (κ3) is 9.59. The second kappa shape index (κ2) is 9.91. The van der Waals surface area contributed by atoms with Crippen molar-refractivity contribution >= 4 is 5.96 Å². The SMILES string of the molecule is CCCCCCNC(N)=NCc1ccc(OCC(F)(F)F)nc1. The molecule has 0 atom stereocenters. The Bertz CT molecular complexity index is 475. The fourth-order valence-electron chi connectivity index (χ4n) is 1.75. The molecule has 1 aromatic rings. The first-order valence-corrected chi connectivity index (χ1v) is 7.59. The van der Waals surface area contributed by atoms with Crippen molar-refractivity contribution in [3.63, 3.8) is 0 Å². The van der Waals surface area contributed by atoms with Crippen LogP contribution in [0.2, 0.25) is 0 Å². The maximum atomic E-state index is 12.0. The number of rotatable bonds is 9. The van der Waals surface area contributed by atoms with E-state index in [1.165, 1.54) is 25.1 Å². The Morgan fingerprint density at radius 2 is 2.09 bits per heavy atom. The Labute approximate surface area is 134 Å². The molecule has 5 nitrogen and oxygen atoms in total. The molecule has 0 fully saturated rings. The van der Waals surface area contributed by atoms with Crippen molar-refractivity contribution in [2.45, 2.75) is 45.3 Å². The molecule has 0 saturated carbocycles. The molecule has 3 N–H and O–H groups in total. The van der Waals surface area contributed by atoms with Crippen molar-refractivity contribution < 1.29 is 17.9 Å². The summed E-state index contributed by atoms with van der Waals surface area (Å²) in [5, 5.41) is 3.02. The molecule has 8 heteroatoms. The van der Waals surface area contributed by atoms with Gasteiger partial charge in [0.25, 0.3) is 0 Å². The maximum Gasteiger partial charge on any atom is 0.422 e. The minimum Gasteiger partial charge on any atom is -0.468 e. The molecule has 130 valence electrons. The quantitative estimate of drug-likeness (QED) is 0.414. The van der Waals surface area contributed by atoms with E-state index in [1.54, 1.807) is 6.07 Å². The van der Waals surface area contributed by atoms with Crippen LogP contribution in [0.4, 0.5) is 13.2 Å². The molecule has 0 saturated heterocycles. The lowest BCUT2D eigenvalue weighted by atomic mass is 10.2. The third-order valence-electron chi connectivity index (χ3n) is 2.95. The van der Waals surface area contributed by atoms with Crippen LogP contribution < -0.4 is 15.8 Å². The largest absolute Gasteiger partial charge is 0.468 e. The van der Waals surface area contributed by atoms with Gasteiger partial charge in [-0.1, -0.05) is 32.3 Å². The monoisotopic (exact) mass is 332 g/mol. The number of hydrogen-bond acceptors (Lipinski definition) is 3. The number of nitrogens with zero attached hydrogens (tertiary/aromatic N) is 2. The Morgan fingerprint density at radius 3 is 2.70 bits per heavy atom. The summed E-state index contributed by atoms with van der Waals surface area (Å²) in [6.45, 7) is 1.88. The van der Waals surface area contributed by atoms with Crippen LogP contribution in [0.25, 0.3) is 0 Å². The molecule has 1 rings (SSSR count). The summed E-state index contributed by atoms with van der Waals surface area (Å²) in [6.07, 6.45) is 1.62. The summed E-state index contributed by atoms with van der Waals surface area (Å²) in [5.41, 5.74) is 6.47. The molecule has 0 aliphatic carbocycles. The second-order valence-electron chi connectivity index (χ2n) is 5.10. The van der Waals surface area contributed by atoms with Crippen molar-refractivity contribution in [1.82, 2.24) is 10.3 Å². The third-order valence-corrected chi connectivity index (χ3v) is 2.95. The van der Waals surface area contributed by atoms with Gasteiger partial charge in [-0.25, -0.2) is 9.98 Å². The van der Waals surface area contributed by atoms with Gasteiger partial charge in [0, 0.05) is 18.8 Å². The maximum absolute atomic E-state index is 12.0. The van der Waals surface area contributed by atoms with Crippen LogP contribution >= 0.6 is 0 Å². The van der Waals surface area contributed by atoms with Gasteiger partial charge in [0.1, 0.15) is 0 Å². The topological polar surface area (TPSA) is 72.5 Å². The summed E-state index contributed by atoms with van der Waals surface area (Å²) < 4.78 is 40.6. The Morgan fingerprint density at radius 1 is 1.30 bits per heavy atom. The van der Waals surface area contributed by atoms with Crippen LogP contribution in [0, 0.1) is 0 Å². The number of hydrogen-bond donors (Lipinski definition) is 2. The van der Waals surface area contributed by atoms with Gasteiger partial charge < -0.3 is 15.8 Å². The fourth-order valence-corrected chi connectivity index (χ4v) is 1.75. The number of ether oxygens (including phenoxy) is 1. The van der Waals surface area contributed by atoms with Gasteiger partial charge in [0.05, 0.1) is 6.54 Å². The number of aliphatic imine (C=N–C) groups is 1. The lowest BCUT2D eigenvalue weighted by molar-refractivity contribution is -0.154. The molecule has 0 radical (unpaired) electrons. The predicted molar refractivity (Wildman–Crippen MR) is 83.3 cm³/mol. The molecule has 0 spiro atoms. The van der Waals surface area contributed by atoms with Crippen molar-refractivity contribution in [1.29, 1.82) is 0 Å². The molecule has 0 aliphatic heterocycles. The zero-order valence-electron chi connectivity index (χ0n) is 13.2. The Kier molecular flexibility index (Phi) is 8.21. The van der Waals surface area contributed by atoms with Crippen LogP contribution in [0.3, 0.4) is 0 Å². The van der Waals surface area contributed by atoms with Gasteiger partial charge in [-0.05, 0) is 12.0 Å². The number of guanidine groups is 1. The van der Waals surface area contributed by atoms with Gasteiger partial charge in [-0.3, -0.25) is 0 Å². The van der Waals surface area contributed by atoms with E-state index < -0.39 is 12.8 Å². The molecule has 0 unspecified atom stereocenters. The van der Waals surface area contributed by atoms with Gasteiger partial charge in [-0.2, -0.15) is 13.2 Å². The van der Waals surface area contributed by atoms with Gasteiger partial charge in [0.15, 0.2) is 12.6 Å². The van der Waals surface area contributed by atoms with Crippen LogP contribution in [0.1, 0.15) is 38.2 Å². The highest BCUT2D eigenvalue weighted by Crippen LogP contribution is 2.17. The minimum absolute atomic E-state index is 0.0722. The summed E-state index contributed by atoms with van der Waals surface area (Å²) in [5.74, 6) is 0.274. The van der Waals surface area contributed by atoms with Gasteiger partial charge >= 0.3 is 6.18 Å². The first-order chi connectivity index (χ1) is 10.9. The highest BCUT2D eigenvalue weighted by atomic mass is 19.4. The first kappa shape index (κ1) is 19.1. The van der Waals surface area contributed by atoms with Crippen molar-refractivity contribution in [2.24, 2.45) is 10.7 Å². The van der Waals surface area contributed by atoms with E-state index in [4.69, 9.17) is 5.73 Å². The molecule has 0 aromatic carbocycles. The predicted octanol–water partition coefficient (Wildman–Crippen LogP) is 3.01. The van der Waals surface area contributed by atoms with Crippen molar-refractivity contribution in [3.8, 4) is 5.88 Å². The summed E-state index contributed by atoms with van der Waals surface area (Å²) in [7, 11) is 0. The van der Waals surface area contributed by atoms with E-state index in [9.17, 15) is 13.2 Å². The lowest BCUT2D eigenvalue weighted by Crippen LogP contribution is -2.32. The lowest BCUT2D eigenvalue weighted by Gasteiger charge is -2.08. The number of aromatic nitrogens is 1. The number of alkyl halides is 3. The van der Waals surface area contributed by atoms with Crippen LogP contribution in [0.15, 0.2) is 23.3 Å². The van der Waals surface area contributed by atoms with Crippen LogP contribution in [0.5, 0.6) is 5.88 Å². The number of halogens is 3. The summed E-state index contributed by atoms with van der Waals surface area (Å²) in [6, 6.07) is 2.99. The van der Waals surface area contributed by atoms with E-state index in [-0.39, 0.29) is 5.88 Å². The Hall–Kier alpha value is -1.99. The molecule has 23 heavy (non-hydrogen) atoms. The smallest absolute Gasteiger partial charge is 0.422 e. The number of nitrogens with two attached hydrogens (primary N) is 1. The first-order valence-electron chi connectivity index (χ1n) is 7.59. The standard InChI is InChI=1S/C15H23F3N4O/c1-2-3-4-5-8-20-14(19)22-10-12-6-7-13(21-9-12)23-11-15(16,17)18/h6-7,9H,2-5,8,10-11H2,1H3,(H3,19,20,22). The fraction of sp³-hybridized carbons (Fsp3) is 0.600. The average Bonchev–Trinajstić information content (AvgIpc) is 2.51.